The van der Waals surface area contributed by atoms with Crippen molar-refractivity contribution in [3.8, 4) is 0 Å². The van der Waals surface area contributed by atoms with Crippen LogP contribution in [0.5, 0.6) is 0 Å². The van der Waals surface area contributed by atoms with Gasteiger partial charge in [-0.15, -0.1) is 0 Å². The molecule has 1 aromatic rings. The normalized spacial score (nSPS) is 13.8. The van der Waals surface area contributed by atoms with Crippen molar-refractivity contribution in [2.75, 3.05) is 20.6 Å². The Bertz CT molecular complexity index is 576. The van der Waals surface area contributed by atoms with Crippen molar-refractivity contribution in [3.63, 3.8) is 0 Å². The molecule has 0 bridgehead atoms. The summed E-state index contributed by atoms with van der Waals surface area (Å²) in [6.07, 6.45) is 0. The molecular weight excluding hydrogens is 321 g/mol. The average molecular weight is 340 g/mol. The first-order chi connectivity index (χ1) is 9.17. The quantitative estimate of drug-likeness (QED) is 0.826. The number of rotatable bonds is 6. The molecule has 0 saturated heterocycles. The van der Waals surface area contributed by atoms with Crippen LogP contribution in [0, 0.1) is 0 Å². The molecule has 0 spiro atoms. The summed E-state index contributed by atoms with van der Waals surface area (Å²) in [5, 5.41) is 0.400. The van der Waals surface area contributed by atoms with E-state index in [0.717, 1.165) is 0 Å². The second kappa shape index (κ2) is 7.06. The third-order valence-electron chi connectivity index (χ3n) is 2.58. The van der Waals surface area contributed by atoms with E-state index < -0.39 is 10.0 Å². The Hall–Kier alpha value is -0.370. The van der Waals surface area contributed by atoms with Crippen molar-refractivity contribution in [2.45, 2.75) is 24.4 Å². The first kappa shape index (κ1) is 17.7. The maximum atomic E-state index is 12.4. The van der Waals surface area contributed by atoms with Crippen molar-refractivity contribution < 1.29 is 8.42 Å². The third kappa shape index (κ3) is 4.58. The molecule has 1 atom stereocenters. The number of hydrogen-bond donors (Lipinski definition) is 2. The third-order valence-corrected chi connectivity index (χ3v) is 4.97. The molecule has 1 rings (SSSR count). The lowest BCUT2D eigenvalue weighted by atomic mass is 10.2. The van der Waals surface area contributed by atoms with Gasteiger partial charge in [0.05, 0.1) is 5.02 Å². The van der Waals surface area contributed by atoms with Crippen molar-refractivity contribution in [2.24, 2.45) is 5.73 Å². The van der Waals surface area contributed by atoms with E-state index in [0.29, 0.717) is 12.1 Å². The smallest absolute Gasteiger partial charge is 0.242 e. The van der Waals surface area contributed by atoms with Gasteiger partial charge in [0.25, 0.3) is 0 Å². The highest BCUT2D eigenvalue weighted by Gasteiger charge is 2.23. The highest BCUT2D eigenvalue weighted by molar-refractivity contribution is 7.89. The lowest BCUT2D eigenvalue weighted by Crippen LogP contribution is -2.39. The molecule has 0 aliphatic heterocycles. The molecule has 1 aromatic carbocycles. The molecule has 0 heterocycles. The van der Waals surface area contributed by atoms with E-state index >= 15 is 0 Å². The molecule has 1 unspecified atom stereocenters. The van der Waals surface area contributed by atoms with E-state index in [2.05, 4.69) is 4.72 Å². The fourth-order valence-corrected chi connectivity index (χ4v) is 4.05. The summed E-state index contributed by atoms with van der Waals surface area (Å²) in [7, 11) is -0.00997. The molecule has 0 aliphatic carbocycles. The van der Waals surface area contributed by atoms with Crippen LogP contribution in [0.25, 0.3) is 0 Å². The van der Waals surface area contributed by atoms with Crippen LogP contribution in [-0.4, -0.2) is 40.0 Å². The van der Waals surface area contributed by atoms with Crippen LogP contribution in [0.2, 0.25) is 10.0 Å². The standard InChI is InChI=1S/C12H19Cl2N3O2S/c1-8(7-17(2)3)16-20(18,19)11-5-10(13)4-9(6-15)12(11)14/h4-5,8,16H,6-7,15H2,1-3H3. The van der Waals surface area contributed by atoms with Gasteiger partial charge in [-0.3, -0.25) is 0 Å². The van der Waals surface area contributed by atoms with Crippen molar-refractivity contribution in [1.29, 1.82) is 0 Å². The van der Waals surface area contributed by atoms with E-state index in [4.69, 9.17) is 28.9 Å². The maximum absolute atomic E-state index is 12.4. The summed E-state index contributed by atoms with van der Waals surface area (Å²) in [6, 6.07) is 2.63. The molecule has 5 nitrogen and oxygen atoms in total. The van der Waals surface area contributed by atoms with Gasteiger partial charge in [-0.05, 0) is 38.7 Å². The van der Waals surface area contributed by atoms with Gasteiger partial charge in [0.2, 0.25) is 10.0 Å². The Labute approximate surface area is 130 Å². The Morgan fingerprint density at radius 2 is 1.95 bits per heavy atom. The summed E-state index contributed by atoms with van der Waals surface area (Å²) >= 11 is 12.0. The van der Waals surface area contributed by atoms with Crippen LogP contribution in [0.1, 0.15) is 12.5 Å². The minimum atomic E-state index is -3.74. The predicted octanol–water partition coefficient (Wildman–Crippen LogP) is 1.68. The Morgan fingerprint density at radius 1 is 1.35 bits per heavy atom. The van der Waals surface area contributed by atoms with Gasteiger partial charge >= 0.3 is 0 Å². The van der Waals surface area contributed by atoms with Gasteiger partial charge in [0.1, 0.15) is 4.90 Å². The molecule has 3 N–H and O–H groups in total. The zero-order valence-corrected chi connectivity index (χ0v) is 14.0. The molecule has 0 fully saturated rings. The summed E-state index contributed by atoms with van der Waals surface area (Å²) in [5.41, 5.74) is 6.03. The van der Waals surface area contributed by atoms with E-state index in [1.54, 1.807) is 13.0 Å². The minimum Gasteiger partial charge on any atom is -0.326 e. The number of likely N-dealkylation sites (N-methyl/N-ethyl adjacent to an activating group) is 1. The first-order valence-corrected chi connectivity index (χ1v) is 8.26. The lowest BCUT2D eigenvalue weighted by molar-refractivity contribution is 0.370. The molecular formula is C12H19Cl2N3O2S. The fourth-order valence-electron chi connectivity index (χ4n) is 1.88. The van der Waals surface area contributed by atoms with Crippen molar-refractivity contribution >= 4 is 33.2 Å². The number of nitrogens with zero attached hydrogens (tertiary/aromatic N) is 1. The summed E-state index contributed by atoms with van der Waals surface area (Å²) in [6.45, 7) is 2.47. The van der Waals surface area contributed by atoms with E-state index in [1.807, 2.05) is 19.0 Å². The molecule has 20 heavy (non-hydrogen) atoms. The number of halogens is 2. The van der Waals surface area contributed by atoms with Gasteiger partial charge in [-0.1, -0.05) is 23.2 Å². The average Bonchev–Trinajstić information content (AvgIpc) is 2.29. The van der Waals surface area contributed by atoms with Gasteiger partial charge in [-0.2, -0.15) is 0 Å². The predicted molar refractivity (Wildman–Crippen MR) is 82.7 cm³/mol. The van der Waals surface area contributed by atoms with Crippen molar-refractivity contribution in [1.82, 2.24) is 9.62 Å². The van der Waals surface area contributed by atoms with Crippen LogP contribution in [0.4, 0.5) is 0 Å². The largest absolute Gasteiger partial charge is 0.326 e. The summed E-state index contributed by atoms with van der Waals surface area (Å²) in [5.74, 6) is 0. The summed E-state index contributed by atoms with van der Waals surface area (Å²) < 4.78 is 27.3. The van der Waals surface area contributed by atoms with Crippen LogP contribution in [0.15, 0.2) is 17.0 Å². The lowest BCUT2D eigenvalue weighted by Gasteiger charge is -2.19. The van der Waals surface area contributed by atoms with E-state index in [1.165, 1.54) is 6.07 Å². The van der Waals surface area contributed by atoms with E-state index in [9.17, 15) is 8.42 Å². The molecule has 0 saturated carbocycles. The first-order valence-electron chi connectivity index (χ1n) is 6.02. The maximum Gasteiger partial charge on any atom is 0.242 e. The van der Waals surface area contributed by atoms with Crippen LogP contribution in [-0.2, 0) is 16.6 Å². The second-order valence-electron chi connectivity index (χ2n) is 4.87. The number of benzene rings is 1. The Balaban J connectivity index is 3.13. The summed E-state index contributed by atoms with van der Waals surface area (Å²) in [4.78, 5) is 1.84. The fraction of sp³-hybridized carbons (Fsp3) is 0.500. The second-order valence-corrected chi connectivity index (χ2v) is 7.36. The Morgan fingerprint density at radius 3 is 2.45 bits per heavy atom. The SMILES string of the molecule is CC(CN(C)C)NS(=O)(=O)c1cc(Cl)cc(CN)c1Cl. The van der Waals surface area contributed by atoms with Gasteiger partial charge in [0.15, 0.2) is 0 Å². The van der Waals surface area contributed by atoms with Crippen molar-refractivity contribution in [3.05, 3.63) is 27.7 Å². The number of nitrogens with two attached hydrogens (primary N) is 1. The monoisotopic (exact) mass is 339 g/mol. The zero-order valence-electron chi connectivity index (χ0n) is 11.7. The molecule has 0 radical (unpaired) electrons. The molecule has 114 valence electrons. The zero-order chi connectivity index (χ0) is 15.5. The van der Waals surface area contributed by atoms with Gasteiger partial charge in [0, 0.05) is 24.2 Å². The number of sulfonamides is 1. The highest BCUT2D eigenvalue weighted by atomic mass is 35.5. The topological polar surface area (TPSA) is 75.4 Å². The molecule has 8 heteroatoms. The Kier molecular flexibility index (Phi) is 6.25. The van der Waals surface area contributed by atoms with Gasteiger partial charge < -0.3 is 10.6 Å². The van der Waals surface area contributed by atoms with Crippen LogP contribution >= 0.6 is 23.2 Å². The van der Waals surface area contributed by atoms with E-state index in [-0.39, 0.29) is 27.5 Å². The molecule has 0 amide bonds. The molecule has 0 aromatic heterocycles. The number of hydrogen-bond acceptors (Lipinski definition) is 4. The minimum absolute atomic E-state index is 0.0438. The molecule has 0 aliphatic rings. The van der Waals surface area contributed by atoms with Gasteiger partial charge in [-0.25, -0.2) is 13.1 Å². The van der Waals surface area contributed by atoms with Crippen LogP contribution < -0.4 is 10.5 Å². The van der Waals surface area contributed by atoms with Crippen LogP contribution in [0.3, 0.4) is 0 Å². The number of nitrogens with one attached hydrogen (secondary N) is 1. The highest BCUT2D eigenvalue weighted by Crippen LogP contribution is 2.29.